The molecule has 3 aromatic heterocycles. The van der Waals surface area contributed by atoms with Crippen molar-refractivity contribution in [1.82, 2.24) is 4.40 Å². The van der Waals surface area contributed by atoms with Gasteiger partial charge in [0.05, 0.1) is 19.6 Å². The molecule has 10 aliphatic rings. The van der Waals surface area contributed by atoms with E-state index in [1.165, 1.54) is 74.2 Å². The first kappa shape index (κ1) is 42.2. The number of imidazole rings is 1. The Morgan fingerprint density at radius 1 is 0.971 bits per heavy atom. The Labute approximate surface area is 406 Å². The Kier molecular flexibility index (Phi) is 9.54. The minimum Gasteiger partial charge on any atom is -0.456 e. The molecule has 9 atom stereocenters. The first-order valence-corrected chi connectivity index (χ1v) is 30.9. The number of nitrogens with zero attached hydrogens (tertiary/aromatic N) is 3. The SMILES string of the molecule is CCC(C)CC1=CC2=[N+](CC1[Si](C)(C)C)C1/C(=c3\c4ccc5c6c(oc5c4c4n3c3c([n+]4C4C=C5C7=C(C=CC[C@@H]7C)SC5CC4)C=CCC3)C(F)CC(C3C=CC=CC3)=C6)C1C1=C2C=CCC1. The molecule has 1 saturated carbocycles. The van der Waals surface area contributed by atoms with Gasteiger partial charge in [-0.2, -0.15) is 4.40 Å². The van der Waals surface area contributed by atoms with Crippen LogP contribution in [0.15, 0.2) is 122 Å². The standard InChI is InChI=1S/C61H66FN3OSSi/c1-7-34(2)28-38-31-49-40-19-11-12-20-41(40)54-56(58(54)63(49)33-52(38)68(4,5)6)57-43-26-25-42-44-29-37(36-17-9-8-10-18-36)30-46(62)59(44)66-60(42)55(43)61-64(47-21-13-14-22-48(47)65(57)61)39-24-27-50-45(32-39)53-35(3)16-15-23-51(53)67-50/h8-11,13,15,17,19,21,23,25-26,29,31-32,34-36,39,46,50,52,54,58H,7,12,14,16,18,20,22,24,27-28,30,33H2,1-6H3/q+2/b57-56+/t34?,35-,36?,39?,46?,50?,52?,54?,58?/m0/s1. The highest BCUT2D eigenvalue weighted by molar-refractivity contribution is 8.04. The third-order valence-corrected chi connectivity index (χ3v) is 22.2. The minimum absolute atomic E-state index is 0.205. The van der Waals surface area contributed by atoms with Crippen LogP contribution in [0.5, 0.6) is 0 Å². The van der Waals surface area contributed by atoms with Gasteiger partial charge in [-0.3, -0.25) is 0 Å². The largest absolute Gasteiger partial charge is 0.456 e. The number of allylic oxidation sites excluding steroid dienone is 14. The molecule has 0 saturated heterocycles. The number of hydrogen-bond donors (Lipinski definition) is 0. The number of furan rings is 1. The van der Waals surface area contributed by atoms with Gasteiger partial charge in [-0.1, -0.05) is 119 Å². The van der Waals surface area contributed by atoms with Crippen molar-refractivity contribution < 1.29 is 18.0 Å². The van der Waals surface area contributed by atoms with E-state index in [2.05, 4.69) is 157 Å². The van der Waals surface area contributed by atoms with E-state index in [1.54, 1.807) is 27.9 Å². The molecule has 0 bridgehead atoms. The summed E-state index contributed by atoms with van der Waals surface area (Å²) in [5.74, 6) is 2.36. The van der Waals surface area contributed by atoms with E-state index in [1.807, 2.05) is 0 Å². The molecule has 4 nitrogen and oxygen atoms in total. The zero-order valence-corrected chi connectivity index (χ0v) is 42.7. The molecule has 7 heteroatoms. The summed E-state index contributed by atoms with van der Waals surface area (Å²) >= 11 is 2.11. The first-order chi connectivity index (χ1) is 33.1. The fourth-order valence-corrected chi connectivity index (χ4v) is 18.2. The van der Waals surface area contributed by atoms with Gasteiger partial charge in [0.25, 0.3) is 5.65 Å². The van der Waals surface area contributed by atoms with Crippen LogP contribution in [-0.2, 0) is 6.42 Å². The van der Waals surface area contributed by atoms with E-state index >= 15 is 4.39 Å². The summed E-state index contributed by atoms with van der Waals surface area (Å²) in [5, 5.41) is 5.45. The smallest absolute Gasteiger partial charge is 0.299 e. The van der Waals surface area contributed by atoms with Crippen molar-refractivity contribution in [3.8, 4) is 0 Å². The normalized spacial score (nSPS) is 31.4. The first-order valence-electron chi connectivity index (χ1n) is 26.5. The van der Waals surface area contributed by atoms with Crippen molar-refractivity contribution in [2.45, 2.75) is 140 Å². The number of rotatable bonds is 6. The number of halogens is 1. The summed E-state index contributed by atoms with van der Waals surface area (Å²) in [6.45, 7) is 16.2. The molecule has 0 N–H and O–H groups in total. The Hall–Kier alpha value is -4.72. The van der Waals surface area contributed by atoms with Crippen LogP contribution in [0.4, 0.5) is 4.39 Å². The summed E-state index contributed by atoms with van der Waals surface area (Å²) < 4.78 is 32.4. The van der Waals surface area contributed by atoms with E-state index in [0.717, 1.165) is 68.0 Å². The second-order valence-electron chi connectivity index (χ2n) is 23.3. The van der Waals surface area contributed by atoms with Crippen LogP contribution >= 0.6 is 11.8 Å². The molecular weight excluding hydrogens is 870 g/mol. The summed E-state index contributed by atoms with van der Waals surface area (Å²) in [5.41, 5.74) is 18.8. The number of aryl methyl sites for hydroxylation is 1. The highest BCUT2D eigenvalue weighted by Gasteiger charge is 2.63. The van der Waals surface area contributed by atoms with E-state index in [4.69, 9.17) is 4.42 Å². The van der Waals surface area contributed by atoms with Gasteiger partial charge in [0, 0.05) is 62.4 Å². The second-order valence-corrected chi connectivity index (χ2v) is 30.0. The molecular formula is C61H66FN3OSSi+2. The van der Waals surface area contributed by atoms with Crippen LogP contribution in [0.2, 0.25) is 25.2 Å². The maximum absolute atomic E-state index is 16.8. The van der Waals surface area contributed by atoms with Crippen molar-refractivity contribution in [2.75, 3.05) is 6.54 Å². The average molecular weight is 936 g/mol. The Morgan fingerprint density at radius 3 is 2.66 bits per heavy atom. The molecule has 6 heterocycles. The molecule has 0 amide bonds. The summed E-state index contributed by atoms with van der Waals surface area (Å²) in [6, 6.07) is 5.29. The molecule has 1 aromatic carbocycles. The maximum atomic E-state index is 16.8. The molecule has 7 aliphatic carbocycles. The Balaban J connectivity index is 1.06. The monoisotopic (exact) mass is 935 g/mol. The van der Waals surface area contributed by atoms with Crippen LogP contribution in [0.25, 0.3) is 45.1 Å². The minimum atomic E-state index is -1.58. The molecule has 4 aromatic rings. The van der Waals surface area contributed by atoms with E-state index in [-0.39, 0.29) is 12.0 Å². The van der Waals surface area contributed by atoms with Gasteiger partial charge in [-0.25, -0.2) is 13.5 Å². The molecule has 346 valence electrons. The van der Waals surface area contributed by atoms with Crippen LogP contribution in [0.3, 0.4) is 0 Å². The number of benzene rings is 1. The van der Waals surface area contributed by atoms with Crippen molar-refractivity contribution in [3.05, 3.63) is 145 Å². The van der Waals surface area contributed by atoms with Crippen molar-refractivity contribution in [2.24, 2.45) is 23.7 Å². The number of hydrogen-bond acceptors (Lipinski definition) is 2. The topological polar surface area (TPSA) is 24.4 Å². The third-order valence-electron chi connectivity index (χ3n) is 18.2. The average Bonchev–Trinajstić information content (AvgIpc) is 3.59. The molecule has 8 unspecified atom stereocenters. The van der Waals surface area contributed by atoms with Crippen LogP contribution < -0.4 is 9.92 Å². The number of fused-ring (bicyclic) bond motifs is 15. The molecule has 0 radical (unpaired) electrons. The quantitative estimate of drug-likeness (QED) is 0.142. The van der Waals surface area contributed by atoms with Gasteiger partial charge in [0.2, 0.25) is 5.71 Å². The lowest BCUT2D eigenvalue weighted by molar-refractivity contribution is -0.689. The Bertz CT molecular complexity index is 3360. The predicted molar refractivity (Wildman–Crippen MR) is 283 cm³/mol. The fraction of sp³-hybridized carbons (Fsp3) is 0.443. The number of thioether (sulfide) groups is 1. The van der Waals surface area contributed by atoms with E-state index < -0.39 is 14.2 Å². The lowest BCUT2D eigenvalue weighted by Gasteiger charge is -2.35. The van der Waals surface area contributed by atoms with Crippen LogP contribution in [-0.4, -0.2) is 40.6 Å². The van der Waals surface area contributed by atoms with Crippen molar-refractivity contribution >= 4 is 70.7 Å². The summed E-state index contributed by atoms with van der Waals surface area (Å²) in [6.07, 6.45) is 41.2. The van der Waals surface area contributed by atoms with Gasteiger partial charge >= 0.3 is 0 Å². The molecule has 3 aliphatic heterocycles. The lowest BCUT2D eigenvalue weighted by Crippen LogP contribution is -2.43. The highest BCUT2D eigenvalue weighted by Crippen LogP contribution is 2.57. The summed E-state index contributed by atoms with van der Waals surface area (Å²) in [4.78, 5) is 1.50. The van der Waals surface area contributed by atoms with Crippen molar-refractivity contribution in [1.29, 1.82) is 0 Å². The van der Waals surface area contributed by atoms with Crippen molar-refractivity contribution in [3.63, 3.8) is 0 Å². The van der Waals surface area contributed by atoms with Crippen LogP contribution in [0, 0.1) is 23.7 Å². The fourth-order valence-electron chi connectivity index (χ4n) is 14.6. The molecule has 14 rings (SSSR count). The molecule has 0 spiro atoms. The highest BCUT2D eigenvalue weighted by atomic mass is 32.2. The third kappa shape index (κ3) is 6.09. The van der Waals surface area contributed by atoms with Gasteiger partial charge in [0.1, 0.15) is 29.1 Å². The van der Waals surface area contributed by atoms with Gasteiger partial charge in [-0.05, 0) is 104 Å². The predicted octanol–water partition coefficient (Wildman–Crippen LogP) is 14.3. The zero-order valence-electron chi connectivity index (χ0n) is 40.9. The van der Waals surface area contributed by atoms with Crippen LogP contribution in [0.1, 0.15) is 120 Å². The van der Waals surface area contributed by atoms with Gasteiger partial charge in [0.15, 0.2) is 29.2 Å². The zero-order chi connectivity index (χ0) is 45.9. The molecule has 68 heavy (non-hydrogen) atoms. The summed E-state index contributed by atoms with van der Waals surface area (Å²) in [7, 11) is -1.58. The maximum Gasteiger partial charge on any atom is 0.299 e. The number of aromatic nitrogens is 2. The number of alkyl halides is 1. The van der Waals surface area contributed by atoms with E-state index in [0.29, 0.717) is 46.8 Å². The lowest BCUT2D eigenvalue weighted by atomic mass is 9.82. The van der Waals surface area contributed by atoms with Gasteiger partial charge in [-0.15, -0.1) is 11.8 Å². The van der Waals surface area contributed by atoms with Gasteiger partial charge < -0.3 is 4.42 Å². The van der Waals surface area contributed by atoms with E-state index in [9.17, 15) is 0 Å². The second kappa shape index (κ2) is 15.4. The Morgan fingerprint density at radius 2 is 1.82 bits per heavy atom. The molecule has 1 fully saturated rings.